The molecule has 1 aliphatic carbocycles. The summed E-state index contributed by atoms with van der Waals surface area (Å²) in [6.07, 6.45) is 3.93. The maximum atomic E-state index is 12.0. The predicted molar refractivity (Wildman–Crippen MR) is 68.7 cm³/mol. The molecule has 1 unspecified atom stereocenters. The lowest BCUT2D eigenvalue weighted by atomic mass is 9.89. The smallest absolute Gasteiger partial charge is 0.326 e. The average Bonchev–Trinajstić information content (AvgIpc) is 2.93. The molecule has 6 nitrogen and oxygen atoms in total. The fraction of sp³-hybridized carbons (Fsp3) is 0.846. The van der Waals surface area contributed by atoms with E-state index in [1.54, 1.807) is 0 Å². The van der Waals surface area contributed by atoms with E-state index in [-0.39, 0.29) is 24.4 Å². The van der Waals surface area contributed by atoms with Crippen molar-refractivity contribution in [3.8, 4) is 0 Å². The molecule has 0 aromatic heterocycles. The van der Waals surface area contributed by atoms with Crippen LogP contribution in [0.3, 0.4) is 0 Å². The summed E-state index contributed by atoms with van der Waals surface area (Å²) in [5.41, 5.74) is 0.132. The van der Waals surface area contributed by atoms with Crippen LogP contribution in [0.4, 0.5) is 4.79 Å². The van der Waals surface area contributed by atoms with Crippen LogP contribution in [0.5, 0.6) is 0 Å². The molecular formula is C13H22N2O4. The van der Waals surface area contributed by atoms with Crippen molar-refractivity contribution in [1.82, 2.24) is 10.2 Å². The third-order valence-electron chi connectivity index (χ3n) is 4.30. The van der Waals surface area contributed by atoms with Gasteiger partial charge < -0.3 is 20.4 Å². The summed E-state index contributed by atoms with van der Waals surface area (Å²) in [6, 6.07) is -1.29. The van der Waals surface area contributed by atoms with Gasteiger partial charge in [-0.05, 0) is 18.3 Å². The summed E-state index contributed by atoms with van der Waals surface area (Å²) in [5.74, 6) is -1.06. The number of nitrogens with one attached hydrogen (secondary N) is 1. The largest absolute Gasteiger partial charge is 0.480 e. The normalized spacial score (nSPS) is 29.5. The van der Waals surface area contributed by atoms with Gasteiger partial charge >= 0.3 is 12.0 Å². The fourth-order valence-electron chi connectivity index (χ4n) is 3.07. The molecule has 0 spiro atoms. The molecule has 2 amide bonds. The van der Waals surface area contributed by atoms with Crippen molar-refractivity contribution in [3.63, 3.8) is 0 Å². The Bertz CT molecular complexity index is 366. The molecule has 3 N–H and O–H groups in total. The van der Waals surface area contributed by atoms with Gasteiger partial charge in [-0.1, -0.05) is 19.8 Å². The van der Waals surface area contributed by atoms with Gasteiger partial charge in [-0.15, -0.1) is 0 Å². The molecule has 1 aliphatic heterocycles. The highest BCUT2D eigenvalue weighted by atomic mass is 16.4. The maximum absolute atomic E-state index is 12.0. The van der Waals surface area contributed by atoms with Crippen LogP contribution in [0.2, 0.25) is 0 Å². The molecule has 1 saturated heterocycles. The van der Waals surface area contributed by atoms with Crippen molar-refractivity contribution >= 4 is 12.0 Å². The van der Waals surface area contributed by atoms with Gasteiger partial charge in [0, 0.05) is 19.5 Å². The monoisotopic (exact) mass is 270 g/mol. The van der Waals surface area contributed by atoms with Crippen LogP contribution in [0.15, 0.2) is 0 Å². The molecule has 0 aromatic rings. The highest BCUT2D eigenvalue weighted by molar-refractivity contribution is 5.83. The molecular weight excluding hydrogens is 248 g/mol. The second-order valence-electron chi connectivity index (χ2n) is 6.07. The van der Waals surface area contributed by atoms with Crippen LogP contribution >= 0.6 is 0 Å². The molecule has 2 rings (SSSR count). The molecule has 2 aliphatic rings. The first-order valence-electron chi connectivity index (χ1n) is 6.87. The Morgan fingerprint density at radius 3 is 2.58 bits per heavy atom. The fourth-order valence-corrected chi connectivity index (χ4v) is 3.07. The van der Waals surface area contributed by atoms with Crippen LogP contribution in [0, 0.1) is 5.41 Å². The van der Waals surface area contributed by atoms with Gasteiger partial charge in [0.05, 0.1) is 6.10 Å². The van der Waals surface area contributed by atoms with Crippen LogP contribution in [-0.4, -0.2) is 52.3 Å². The minimum absolute atomic E-state index is 0.0967. The van der Waals surface area contributed by atoms with Crippen molar-refractivity contribution in [2.45, 2.75) is 51.2 Å². The third kappa shape index (κ3) is 3.18. The zero-order valence-corrected chi connectivity index (χ0v) is 11.3. The number of likely N-dealkylation sites (tertiary alicyclic amines) is 1. The molecule has 0 radical (unpaired) electrons. The number of carboxylic acids is 1. The van der Waals surface area contributed by atoms with Gasteiger partial charge in [0.15, 0.2) is 0 Å². The number of amides is 2. The first-order chi connectivity index (χ1) is 8.91. The van der Waals surface area contributed by atoms with Crippen molar-refractivity contribution in [1.29, 1.82) is 0 Å². The summed E-state index contributed by atoms with van der Waals surface area (Å²) in [7, 11) is 0. The van der Waals surface area contributed by atoms with Crippen LogP contribution in [-0.2, 0) is 4.79 Å². The topological polar surface area (TPSA) is 89.9 Å². The summed E-state index contributed by atoms with van der Waals surface area (Å²) < 4.78 is 0. The van der Waals surface area contributed by atoms with Crippen LogP contribution in [0.1, 0.15) is 39.0 Å². The molecule has 2 fully saturated rings. The summed E-state index contributed by atoms with van der Waals surface area (Å²) >= 11 is 0. The minimum atomic E-state index is -1.06. The Morgan fingerprint density at radius 1 is 1.37 bits per heavy atom. The van der Waals surface area contributed by atoms with E-state index in [9.17, 15) is 14.7 Å². The van der Waals surface area contributed by atoms with E-state index in [0.717, 1.165) is 12.8 Å². The Kier molecular flexibility index (Phi) is 3.99. The van der Waals surface area contributed by atoms with E-state index >= 15 is 0 Å². The molecule has 0 aromatic carbocycles. The number of aliphatic carboxylic acids is 1. The summed E-state index contributed by atoms with van der Waals surface area (Å²) in [4.78, 5) is 24.3. The number of hydrogen-bond donors (Lipinski definition) is 3. The molecule has 19 heavy (non-hydrogen) atoms. The van der Waals surface area contributed by atoms with E-state index in [4.69, 9.17) is 5.11 Å². The molecule has 6 heteroatoms. The maximum Gasteiger partial charge on any atom is 0.326 e. The van der Waals surface area contributed by atoms with Crippen molar-refractivity contribution in [2.75, 3.05) is 13.1 Å². The molecule has 1 heterocycles. The van der Waals surface area contributed by atoms with Crippen LogP contribution < -0.4 is 5.32 Å². The number of aliphatic hydroxyl groups excluding tert-OH is 1. The van der Waals surface area contributed by atoms with E-state index in [1.807, 2.05) is 0 Å². The van der Waals surface area contributed by atoms with E-state index in [2.05, 4.69) is 12.2 Å². The van der Waals surface area contributed by atoms with Gasteiger partial charge in [0.1, 0.15) is 6.04 Å². The Morgan fingerprint density at radius 2 is 2.00 bits per heavy atom. The number of carbonyl (C=O) groups is 2. The molecule has 108 valence electrons. The lowest BCUT2D eigenvalue weighted by Crippen LogP contribution is -2.48. The standard InChI is InChI=1S/C13H22N2O4/c1-13(4-2-3-5-13)8-14-12(19)15-7-9(16)6-10(15)11(17)18/h9-10,16H,2-8H2,1H3,(H,14,19)(H,17,18)/t9?,10-/m0/s1. The van der Waals surface area contributed by atoms with E-state index < -0.39 is 18.1 Å². The molecule has 2 atom stereocenters. The second-order valence-corrected chi connectivity index (χ2v) is 6.07. The lowest BCUT2D eigenvalue weighted by molar-refractivity contribution is -0.141. The SMILES string of the molecule is CC1(CNC(=O)N2CC(O)C[C@H]2C(=O)O)CCCC1. The minimum Gasteiger partial charge on any atom is -0.480 e. The molecule has 0 bridgehead atoms. The van der Waals surface area contributed by atoms with Crippen molar-refractivity contribution in [2.24, 2.45) is 5.41 Å². The van der Waals surface area contributed by atoms with Gasteiger partial charge in [0.25, 0.3) is 0 Å². The summed E-state index contributed by atoms with van der Waals surface area (Å²) in [6.45, 7) is 2.82. The first-order valence-corrected chi connectivity index (χ1v) is 6.87. The Labute approximate surface area is 112 Å². The third-order valence-corrected chi connectivity index (χ3v) is 4.30. The number of carbonyl (C=O) groups excluding carboxylic acids is 1. The Balaban J connectivity index is 1.90. The van der Waals surface area contributed by atoms with Gasteiger partial charge in [0.2, 0.25) is 0 Å². The number of aliphatic hydroxyl groups is 1. The quantitative estimate of drug-likeness (QED) is 0.707. The number of hydrogen-bond acceptors (Lipinski definition) is 3. The number of carboxylic acid groups (broad SMARTS) is 1. The first kappa shape index (κ1) is 14.1. The number of rotatable bonds is 3. The number of nitrogens with zero attached hydrogens (tertiary/aromatic N) is 1. The highest BCUT2D eigenvalue weighted by Crippen LogP contribution is 2.36. The highest BCUT2D eigenvalue weighted by Gasteiger charge is 2.39. The lowest BCUT2D eigenvalue weighted by Gasteiger charge is -2.27. The zero-order valence-electron chi connectivity index (χ0n) is 11.3. The van der Waals surface area contributed by atoms with E-state index in [0.29, 0.717) is 6.54 Å². The second kappa shape index (κ2) is 5.36. The van der Waals surface area contributed by atoms with E-state index in [1.165, 1.54) is 17.7 Å². The zero-order chi connectivity index (χ0) is 14.0. The number of urea groups is 1. The average molecular weight is 270 g/mol. The van der Waals surface area contributed by atoms with Gasteiger partial charge in [-0.2, -0.15) is 0 Å². The van der Waals surface area contributed by atoms with Crippen molar-refractivity contribution < 1.29 is 19.8 Å². The molecule has 1 saturated carbocycles. The number of β-amino-alcohol motifs (C(OH)–C–C–N with tert-alkyl or cyclic N) is 1. The Hall–Kier alpha value is -1.30. The van der Waals surface area contributed by atoms with Gasteiger partial charge in [-0.3, -0.25) is 0 Å². The van der Waals surface area contributed by atoms with Crippen LogP contribution in [0.25, 0.3) is 0 Å². The predicted octanol–water partition coefficient (Wildman–Crippen LogP) is 0.796. The van der Waals surface area contributed by atoms with Gasteiger partial charge in [-0.25, -0.2) is 9.59 Å². The summed E-state index contributed by atoms with van der Waals surface area (Å²) in [5, 5.41) is 21.4. The van der Waals surface area contributed by atoms with Crippen molar-refractivity contribution in [3.05, 3.63) is 0 Å².